The number of nitrogens with one attached hydrogen (secondary N) is 1. The molecule has 0 unspecified atom stereocenters. The van der Waals surface area contributed by atoms with Crippen LogP contribution in [0.3, 0.4) is 0 Å². The second kappa shape index (κ2) is 10.2. The Hall–Kier alpha value is -2.89. The van der Waals surface area contributed by atoms with Crippen molar-refractivity contribution in [2.24, 2.45) is 11.8 Å². The molecule has 3 aromatic rings. The minimum atomic E-state index is -3.70. The summed E-state index contributed by atoms with van der Waals surface area (Å²) in [4.78, 5) is 27.9. The van der Waals surface area contributed by atoms with Gasteiger partial charge in [0.2, 0.25) is 10.0 Å². The first-order valence-electron chi connectivity index (χ1n) is 10.9. The fourth-order valence-electron chi connectivity index (χ4n) is 3.58. The first-order valence-corrected chi connectivity index (χ1v) is 13.1. The third-order valence-corrected chi connectivity index (χ3v) is 7.86. The van der Waals surface area contributed by atoms with Gasteiger partial charge in [-0.05, 0) is 43.0 Å². The molecule has 9 nitrogen and oxygen atoms in total. The minimum absolute atomic E-state index is 0.140. The van der Waals surface area contributed by atoms with E-state index in [9.17, 15) is 23.3 Å². The van der Waals surface area contributed by atoms with Gasteiger partial charge >= 0.3 is 0 Å². The molecule has 0 fully saturated rings. The molecule has 2 aromatic carbocycles. The zero-order valence-corrected chi connectivity index (χ0v) is 21.4. The number of thiazole rings is 1. The molecule has 11 heteroatoms. The van der Waals surface area contributed by atoms with Crippen molar-refractivity contribution in [3.63, 3.8) is 0 Å². The van der Waals surface area contributed by atoms with Crippen LogP contribution in [0.1, 0.15) is 43.6 Å². The SMILES string of the molecule is Cc1c(C(=O)Nc2nc3ccc(S(=O)(=O)N(CC(C)C)CC(C)C)cc3s2)cccc1[N+](=O)[O-]. The second-order valence-corrected chi connectivity index (χ2v) is 11.9. The van der Waals surface area contributed by atoms with E-state index in [-0.39, 0.29) is 38.7 Å². The van der Waals surface area contributed by atoms with E-state index in [1.54, 1.807) is 12.1 Å². The second-order valence-electron chi connectivity index (χ2n) is 8.92. The number of rotatable bonds is 9. The minimum Gasteiger partial charge on any atom is -0.298 e. The number of aromatic nitrogens is 1. The van der Waals surface area contributed by atoms with Crippen LogP contribution in [-0.4, -0.2) is 41.6 Å². The molecular formula is C23H28N4O5S2. The molecule has 0 radical (unpaired) electrons. The summed E-state index contributed by atoms with van der Waals surface area (Å²) in [6.45, 7) is 10.3. The van der Waals surface area contributed by atoms with Crippen LogP contribution in [0.2, 0.25) is 0 Å². The van der Waals surface area contributed by atoms with Gasteiger partial charge in [0.1, 0.15) is 0 Å². The van der Waals surface area contributed by atoms with Crippen molar-refractivity contribution in [3.05, 3.63) is 57.6 Å². The first kappa shape index (κ1) is 25.7. The van der Waals surface area contributed by atoms with E-state index in [1.807, 2.05) is 27.7 Å². The van der Waals surface area contributed by atoms with Gasteiger partial charge in [0, 0.05) is 30.3 Å². The largest absolute Gasteiger partial charge is 0.298 e. The van der Waals surface area contributed by atoms with Crippen molar-refractivity contribution in [1.29, 1.82) is 0 Å². The summed E-state index contributed by atoms with van der Waals surface area (Å²) in [6.07, 6.45) is 0. The highest BCUT2D eigenvalue weighted by Crippen LogP contribution is 2.30. The third kappa shape index (κ3) is 5.60. The normalized spacial score (nSPS) is 12.1. The van der Waals surface area contributed by atoms with Gasteiger partial charge in [0.25, 0.3) is 11.6 Å². The van der Waals surface area contributed by atoms with Crippen molar-refractivity contribution < 1.29 is 18.1 Å². The maximum absolute atomic E-state index is 13.3. The van der Waals surface area contributed by atoms with Crippen molar-refractivity contribution in [2.45, 2.75) is 39.5 Å². The lowest BCUT2D eigenvalue weighted by molar-refractivity contribution is -0.385. The Morgan fingerprint density at radius 2 is 1.79 bits per heavy atom. The number of carbonyl (C=O) groups excluding carboxylic acids is 1. The predicted molar refractivity (Wildman–Crippen MR) is 134 cm³/mol. The molecule has 0 saturated heterocycles. The molecular weight excluding hydrogens is 476 g/mol. The number of nitro groups is 1. The summed E-state index contributed by atoms with van der Waals surface area (Å²) in [6, 6.07) is 9.03. The van der Waals surface area contributed by atoms with Crippen molar-refractivity contribution in [2.75, 3.05) is 18.4 Å². The van der Waals surface area contributed by atoms with Gasteiger partial charge in [-0.1, -0.05) is 45.1 Å². The molecule has 0 atom stereocenters. The first-order chi connectivity index (χ1) is 15.9. The number of sulfonamides is 1. The molecule has 0 aliphatic heterocycles. The number of anilines is 1. The summed E-state index contributed by atoms with van der Waals surface area (Å²) >= 11 is 1.15. The molecule has 0 bridgehead atoms. The molecule has 1 amide bonds. The number of amides is 1. The van der Waals surface area contributed by atoms with Gasteiger partial charge in [-0.2, -0.15) is 4.31 Å². The van der Waals surface area contributed by atoms with Crippen LogP contribution in [0.5, 0.6) is 0 Å². The molecule has 1 aromatic heterocycles. The van der Waals surface area contributed by atoms with Gasteiger partial charge in [0.15, 0.2) is 5.13 Å². The monoisotopic (exact) mass is 504 g/mol. The van der Waals surface area contributed by atoms with Crippen molar-refractivity contribution in [1.82, 2.24) is 9.29 Å². The van der Waals surface area contributed by atoms with Crippen LogP contribution in [0, 0.1) is 28.9 Å². The summed E-state index contributed by atoms with van der Waals surface area (Å²) in [5.41, 5.74) is 0.845. The number of hydrogen-bond donors (Lipinski definition) is 1. The lowest BCUT2D eigenvalue weighted by atomic mass is 10.1. The average Bonchev–Trinajstić information content (AvgIpc) is 3.13. The lowest BCUT2D eigenvalue weighted by Crippen LogP contribution is -2.37. The van der Waals surface area contributed by atoms with Crippen LogP contribution in [-0.2, 0) is 10.0 Å². The Morgan fingerprint density at radius 3 is 2.38 bits per heavy atom. The predicted octanol–water partition coefficient (Wildman–Crippen LogP) is 5.07. The van der Waals surface area contributed by atoms with E-state index in [1.165, 1.54) is 35.5 Å². The molecule has 34 heavy (non-hydrogen) atoms. The highest BCUT2D eigenvalue weighted by Gasteiger charge is 2.27. The average molecular weight is 505 g/mol. The number of nitro benzene ring substituents is 1. The van der Waals surface area contributed by atoms with Gasteiger partial charge < -0.3 is 0 Å². The summed E-state index contributed by atoms with van der Waals surface area (Å²) in [5.74, 6) is -0.160. The number of benzene rings is 2. The van der Waals surface area contributed by atoms with Crippen LogP contribution in [0.4, 0.5) is 10.8 Å². The molecule has 182 valence electrons. The Kier molecular flexibility index (Phi) is 7.69. The zero-order valence-electron chi connectivity index (χ0n) is 19.7. The Bertz CT molecular complexity index is 1320. The summed E-state index contributed by atoms with van der Waals surface area (Å²) < 4.78 is 28.8. The maximum atomic E-state index is 13.3. The van der Waals surface area contributed by atoms with E-state index in [0.29, 0.717) is 23.3 Å². The van der Waals surface area contributed by atoms with Crippen LogP contribution in [0.15, 0.2) is 41.3 Å². The van der Waals surface area contributed by atoms with Crippen LogP contribution < -0.4 is 5.32 Å². The Labute approximate surface area is 203 Å². The fourth-order valence-corrected chi connectivity index (χ4v) is 6.35. The molecule has 0 aliphatic carbocycles. The number of carbonyl (C=O) groups is 1. The van der Waals surface area contributed by atoms with Gasteiger partial charge in [-0.25, -0.2) is 13.4 Å². The number of fused-ring (bicyclic) bond motifs is 1. The van der Waals surface area contributed by atoms with Crippen LogP contribution in [0.25, 0.3) is 10.2 Å². The fraction of sp³-hybridized carbons (Fsp3) is 0.391. The number of hydrogen-bond acceptors (Lipinski definition) is 7. The van der Waals surface area contributed by atoms with Crippen molar-refractivity contribution >= 4 is 48.3 Å². The van der Waals surface area contributed by atoms with Crippen molar-refractivity contribution in [3.8, 4) is 0 Å². The van der Waals surface area contributed by atoms with Gasteiger partial charge in [-0.3, -0.25) is 20.2 Å². The van der Waals surface area contributed by atoms with E-state index >= 15 is 0 Å². The summed E-state index contributed by atoms with van der Waals surface area (Å²) in [5, 5.41) is 14.1. The smallest absolute Gasteiger partial charge is 0.273 e. The maximum Gasteiger partial charge on any atom is 0.273 e. The van der Waals surface area contributed by atoms with E-state index < -0.39 is 20.9 Å². The Balaban J connectivity index is 1.90. The highest BCUT2D eigenvalue weighted by molar-refractivity contribution is 7.89. The number of nitrogens with zero attached hydrogens (tertiary/aromatic N) is 3. The standard InChI is InChI=1S/C23H28N4O5S2/c1-14(2)12-26(13-15(3)4)34(31,32)17-9-10-19-21(11-17)33-23(24-19)25-22(28)18-7-6-8-20(16(18)5)27(29)30/h6-11,14-15H,12-13H2,1-5H3,(H,24,25,28). The van der Waals surface area contributed by atoms with E-state index in [2.05, 4.69) is 10.3 Å². The molecule has 1 heterocycles. The topological polar surface area (TPSA) is 123 Å². The van der Waals surface area contributed by atoms with Gasteiger partial charge in [-0.15, -0.1) is 0 Å². The molecule has 3 rings (SSSR count). The Morgan fingerprint density at radius 1 is 1.15 bits per heavy atom. The third-order valence-electron chi connectivity index (χ3n) is 5.10. The van der Waals surface area contributed by atoms with Gasteiger partial charge in [0.05, 0.1) is 20.0 Å². The zero-order chi connectivity index (χ0) is 25.2. The highest BCUT2D eigenvalue weighted by atomic mass is 32.2. The van der Waals surface area contributed by atoms with Crippen LogP contribution >= 0.6 is 11.3 Å². The van der Waals surface area contributed by atoms with E-state index in [0.717, 1.165) is 11.3 Å². The summed E-state index contributed by atoms with van der Waals surface area (Å²) in [7, 11) is -3.70. The quantitative estimate of drug-likeness (QED) is 0.321. The molecule has 0 aliphatic rings. The molecule has 1 N–H and O–H groups in total. The lowest BCUT2D eigenvalue weighted by Gasteiger charge is -2.25. The molecule has 0 saturated carbocycles. The van der Waals surface area contributed by atoms with E-state index in [4.69, 9.17) is 0 Å². The molecule has 0 spiro atoms.